The number of hydrogen-bond donors (Lipinski definition) is 1. The van der Waals surface area contributed by atoms with Crippen molar-refractivity contribution < 1.29 is 4.74 Å². The fourth-order valence-corrected chi connectivity index (χ4v) is 3.05. The summed E-state index contributed by atoms with van der Waals surface area (Å²) in [6.45, 7) is 1.93. The second-order valence-corrected chi connectivity index (χ2v) is 5.60. The van der Waals surface area contributed by atoms with Gasteiger partial charge in [-0.15, -0.1) is 11.3 Å². The number of rotatable bonds is 6. The highest BCUT2D eigenvalue weighted by atomic mass is 32.1. The van der Waals surface area contributed by atoms with Crippen molar-refractivity contribution in [3.63, 3.8) is 0 Å². The Morgan fingerprint density at radius 3 is 3.19 bits per heavy atom. The molecule has 1 aromatic rings. The van der Waals surface area contributed by atoms with Crippen LogP contribution in [0.4, 0.5) is 0 Å². The molecule has 1 aliphatic rings. The second-order valence-electron chi connectivity index (χ2n) is 4.57. The Hall–Kier alpha value is -0.380. The minimum atomic E-state index is 0.647. The smallest absolute Gasteiger partial charge is 0.0495 e. The molecule has 0 radical (unpaired) electrons. The molecule has 2 heterocycles. The number of hydrogen-bond acceptors (Lipinski definition) is 3. The van der Waals surface area contributed by atoms with Gasteiger partial charge in [-0.25, -0.2) is 0 Å². The summed E-state index contributed by atoms with van der Waals surface area (Å²) < 4.78 is 5.43. The second kappa shape index (κ2) is 6.38. The molecule has 0 saturated carbocycles. The van der Waals surface area contributed by atoms with E-state index in [-0.39, 0.29) is 0 Å². The highest BCUT2D eigenvalue weighted by Gasteiger charge is 2.19. The van der Waals surface area contributed by atoms with Crippen LogP contribution in [0.2, 0.25) is 0 Å². The third-order valence-electron chi connectivity index (χ3n) is 3.37. The lowest BCUT2D eigenvalue weighted by Crippen LogP contribution is -2.28. The summed E-state index contributed by atoms with van der Waals surface area (Å²) in [5.41, 5.74) is 0. The first kappa shape index (κ1) is 12.1. The highest BCUT2D eigenvalue weighted by molar-refractivity contribution is 7.09. The molecule has 3 heteroatoms. The van der Waals surface area contributed by atoms with Crippen molar-refractivity contribution in [2.45, 2.75) is 31.7 Å². The van der Waals surface area contributed by atoms with Gasteiger partial charge in [0.2, 0.25) is 0 Å². The van der Waals surface area contributed by atoms with E-state index in [9.17, 15) is 0 Å². The molecule has 1 aromatic heterocycles. The van der Waals surface area contributed by atoms with Crippen LogP contribution in [0.5, 0.6) is 0 Å². The number of ether oxygens (including phenoxy) is 1. The molecule has 0 amide bonds. The van der Waals surface area contributed by atoms with Gasteiger partial charge in [-0.05, 0) is 50.1 Å². The quantitative estimate of drug-likeness (QED) is 0.824. The van der Waals surface area contributed by atoms with Crippen LogP contribution in [0.25, 0.3) is 0 Å². The van der Waals surface area contributed by atoms with Crippen molar-refractivity contribution in [1.82, 2.24) is 5.32 Å². The Balaban J connectivity index is 1.72. The summed E-state index contributed by atoms with van der Waals surface area (Å²) in [5, 5.41) is 5.60. The lowest BCUT2D eigenvalue weighted by molar-refractivity contribution is 0.181. The van der Waals surface area contributed by atoms with E-state index < -0.39 is 0 Å². The number of nitrogens with one attached hydrogen (secondary N) is 1. The molecule has 2 nitrogen and oxygen atoms in total. The average molecular weight is 239 g/mol. The standard InChI is InChI=1S/C13H21NOS/c1-14-12(9-11-6-7-15-10-11)4-5-13-3-2-8-16-13/h2-3,8,11-12,14H,4-7,9-10H2,1H3. The van der Waals surface area contributed by atoms with Gasteiger partial charge in [-0.3, -0.25) is 0 Å². The molecule has 1 saturated heterocycles. The maximum atomic E-state index is 5.43. The summed E-state index contributed by atoms with van der Waals surface area (Å²) >= 11 is 1.87. The summed E-state index contributed by atoms with van der Waals surface area (Å²) in [4.78, 5) is 1.50. The molecule has 2 rings (SSSR count). The fraction of sp³-hybridized carbons (Fsp3) is 0.692. The summed E-state index contributed by atoms with van der Waals surface area (Å²) in [5.74, 6) is 0.779. The number of aryl methyl sites for hydroxylation is 1. The van der Waals surface area contributed by atoms with Gasteiger partial charge in [0, 0.05) is 24.1 Å². The van der Waals surface area contributed by atoms with E-state index in [0.717, 1.165) is 19.1 Å². The van der Waals surface area contributed by atoms with E-state index in [1.54, 1.807) is 0 Å². The van der Waals surface area contributed by atoms with Crippen molar-refractivity contribution in [2.24, 2.45) is 5.92 Å². The van der Waals surface area contributed by atoms with Gasteiger partial charge in [-0.1, -0.05) is 6.07 Å². The van der Waals surface area contributed by atoms with Crippen molar-refractivity contribution in [2.75, 3.05) is 20.3 Å². The molecule has 0 bridgehead atoms. The average Bonchev–Trinajstić information content (AvgIpc) is 2.97. The van der Waals surface area contributed by atoms with Crippen LogP contribution in [0, 0.1) is 5.92 Å². The Bertz CT molecular complexity index is 280. The zero-order chi connectivity index (χ0) is 11.2. The summed E-state index contributed by atoms with van der Waals surface area (Å²) in [6, 6.07) is 5.02. The van der Waals surface area contributed by atoms with Gasteiger partial charge in [-0.2, -0.15) is 0 Å². The Labute approximate surface area is 102 Å². The molecule has 16 heavy (non-hydrogen) atoms. The van der Waals surface area contributed by atoms with Crippen LogP contribution in [0.1, 0.15) is 24.1 Å². The fourth-order valence-electron chi connectivity index (χ4n) is 2.32. The molecule has 2 unspecified atom stereocenters. The third kappa shape index (κ3) is 3.58. The zero-order valence-electron chi connectivity index (χ0n) is 9.95. The molecule has 1 aliphatic heterocycles. The van der Waals surface area contributed by atoms with Gasteiger partial charge in [0.05, 0.1) is 0 Å². The van der Waals surface area contributed by atoms with Crippen molar-refractivity contribution in [1.29, 1.82) is 0 Å². The lowest BCUT2D eigenvalue weighted by atomic mass is 9.96. The van der Waals surface area contributed by atoms with Gasteiger partial charge >= 0.3 is 0 Å². The maximum absolute atomic E-state index is 5.43. The van der Waals surface area contributed by atoms with Crippen LogP contribution in [-0.2, 0) is 11.2 Å². The van der Waals surface area contributed by atoms with Gasteiger partial charge in [0.1, 0.15) is 0 Å². The van der Waals surface area contributed by atoms with Gasteiger partial charge in [0.15, 0.2) is 0 Å². The molecule has 0 spiro atoms. The first-order valence-electron chi connectivity index (χ1n) is 6.16. The van der Waals surface area contributed by atoms with E-state index in [2.05, 4.69) is 29.9 Å². The zero-order valence-corrected chi connectivity index (χ0v) is 10.8. The van der Waals surface area contributed by atoms with E-state index in [4.69, 9.17) is 4.74 Å². The van der Waals surface area contributed by atoms with Gasteiger partial charge < -0.3 is 10.1 Å². The lowest BCUT2D eigenvalue weighted by Gasteiger charge is -2.18. The molecular weight excluding hydrogens is 218 g/mol. The maximum Gasteiger partial charge on any atom is 0.0495 e. The number of thiophene rings is 1. The van der Waals surface area contributed by atoms with Crippen LogP contribution in [0.3, 0.4) is 0 Å². The van der Waals surface area contributed by atoms with Crippen molar-refractivity contribution >= 4 is 11.3 Å². The van der Waals surface area contributed by atoms with Crippen molar-refractivity contribution in [3.8, 4) is 0 Å². The molecule has 0 aliphatic carbocycles. The minimum Gasteiger partial charge on any atom is -0.381 e. The van der Waals surface area contributed by atoms with Gasteiger partial charge in [0.25, 0.3) is 0 Å². The minimum absolute atomic E-state index is 0.647. The van der Waals surface area contributed by atoms with Crippen LogP contribution in [0.15, 0.2) is 17.5 Å². The van der Waals surface area contributed by atoms with Crippen molar-refractivity contribution in [3.05, 3.63) is 22.4 Å². The Morgan fingerprint density at radius 2 is 2.56 bits per heavy atom. The van der Waals surface area contributed by atoms with E-state index in [1.807, 2.05) is 11.3 Å². The topological polar surface area (TPSA) is 21.3 Å². The molecule has 90 valence electrons. The SMILES string of the molecule is CNC(CCc1cccs1)CC1CCOC1. The van der Waals surface area contributed by atoms with E-state index >= 15 is 0 Å². The summed E-state index contributed by atoms with van der Waals surface area (Å²) in [7, 11) is 2.08. The summed E-state index contributed by atoms with van der Waals surface area (Å²) in [6.07, 6.45) is 4.96. The van der Waals surface area contributed by atoms with E-state index in [0.29, 0.717) is 6.04 Å². The first-order valence-corrected chi connectivity index (χ1v) is 7.04. The Kier molecular flexibility index (Phi) is 4.82. The van der Waals surface area contributed by atoms with Crippen LogP contribution in [-0.4, -0.2) is 26.3 Å². The highest BCUT2D eigenvalue weighted by Crippen LogP contribution is 2.21. The first-order chi connectivity index (χ1) is 7.88. The predicted octanol–water partition coefficient (Wildman–Crippen LogP) is 2.70. The monoisotopic (exact) mass is 239 g/mol. The molecule has 1 fully saturated rings. The molecule has 0 aromatic carbocycles. The predicted molar refractivity (Wildman–Crippen MR) is 69.0 cm³/mol. The Morgan fingerprint density at radius 1 is 1.62 bits per heavy atom. The largest absolute Gasteiger partial charge is 0.381 e. The normalized spacial score (nSPS) is 22.4. The molecule has 2 atom stereocenters. The van der Waals surface area contributed by atoms with Crippen LogP contribution < -0.4 is 5.32 Å². The molecule has 1 N–H and O–H groups in total. The third-order valence-corrected chi connectivity index (χ3v) is 4.31. The molecular formula is C13H21NOS. The van der Waals surface area contributed by atoms with E-state index in [1.165, 1.54) is 30.6 Å². The van der Waals surface area contributed by atoms with Crippen LogP contribution >= 0.6 is 11.3 Å².